The number of benzene rings is 2. The molecule has 0 spiro atoms. The summed E-state index contributed by atoms with van der Waals surface area (Å²) in [7, 11) is -3.64. The summed E-state index contributed by atoms with van der Waals surface area (Å²) in [5.74, 6) is -0.823. The van der Waals surface area contributed by atoms with Gasteiger partial charge in [-0.05, 0) is 36.4 Å². The average molecular weight is 388 g/mol. The lowest BCUT2D eigenvalue weighted by Crippen LogP contribution is -3.13. The van der Waals surface area contributed by atoms with Crippen LogP contribution in [0.1, 0.15) is 5.56 Å². The topological polar surface area (TPSA) is 41.8 Å². The summed E-state index contributed by atoms with van der Waals surface area (Å²) < 4.78 is 53.4. The second-order valence-electron chi connectivity index (χ2n) is 5.98. The predicted molar refractivity (Wildman–Crippen MR) is 91.0 cm³/mol. The van der Waals surface area contributed by atoms with Crippen LogP contribution in [0.25, 0.3) is 0 Å². The van der Waals surface area contributed by atoms with Crippen LogP contribution in [0.2, 0.25) is 5.02 Å². The molecule has 1 N–H and O–H groups in total. The molecule has 0 saturated carbocycles. The molecule has 4 nitrogen and oxygen atoms in total. The van der Waals surface area contributed by atoms with Crippen LogP contribution < -0.4 is 4.90 Å². The molecule has 134 valence electrons. The number of nitrogens with zero attached hydrogens (tertiary/aromatic N) is 1. The second kappa shape index (κ2) is 7.37. The van der Waals surface area contributed by atoms with Crippen molar-refractivity contribution >= 4 is 21.6 Å². The highest BCUT2D eigenvalue weighted by atomic mass is 35.5. The van der Waals surface area contributed by atoms with Crippen molar-refractivity contribution < 1.29 is 22.1 Å². The van der Waals surface area contributed by atoms with E-state index in [0.29, 0.717) is 43.3 Å². The van der Waals surface area contributed by atoms with Gasteiger partial charge >= 0.3 is 0 Å². The quantitative estimate of drug-likeness (QED) is 0.867. The van der Waals surface area contributed by atoms with Crippen LogP contribution in [-0.2, 0) is 16.6 Å². The minimum atomic E-state index is -3.64. The lowest BCUT2D eigenvalue weighted by molar-refractivity contribution is -0.917. The number of quaternary nitrogens is 1. The molecular formula is C17H18ClF2N2O2S+. The Morgan fingerprint density at radius 2 is 1.68 bits per heavy atom. The summed E-state index contributed by atoms with van der Waals surface area (Å²) in [6.45, 7) is 2.15. The fourth-order valence-electron chi connectivity index (χ4n) is 2.93. The van der Waals surface area contributed by atoms with Crippen LogP contribution >= 0.6 is 11.6 Å². The van der Waals surface area contributed by atoms with Gasteiger partial charge in [-0.15, -0.1) is 0 Å². The molecule has 1 aliphatic rings. The van der Waals surface area contributed by atoms with E-state index in [2.05, 4.69) is 0 Å². The van der Waals surface area contributed by atoms with Crippen molar-refractivity contribution in [3.8, 4) is 0 Å². The lowest BCUT2D eigenvalue weighted by Gasteiger charge is -2.31. The van der Waals surface area contributed by atoms with Gasteiger partial charge in [0.15, 0.2) is 0 Å². The molecular weight excluding hydrogens is 370 g/mol. The maximum atomic E-state index is 13.9. The normalized spacial score (nSPS) is 16.9. The van der Waals surface area contributed by atoms with Crippen molar-refractivity contribution in [3.63, 3.8) is 0 Å². The first kappa shape index (κ1) is 18.3. The first-order valence-electron chi connectivity index (χ1n) is 7.90. The summed E-state index contributed by atoms with van der Waals surface area (Å²) in [6, 6.07) is 9.38. The Morgan fingerprint density at radius 1 is 1.04 bits per heavy atom. The SMILES string of the molecule is O=S(=O)(c1ccc(F)cc1)N1CC[NH+](Cc2c(F)cccc2Cl)CC1. The first-order valence-corrected chi connectivity index (χ1v) is 9.72. The number of sulfonamides is 1. The molecule has 0 bridgehead atoms. The van der Waals surface area contributed by atoms with Crippen LogP contribution in [-0.4, -0.2) is 38.9 Å². The molecule has 1 aliphatic heterocycles. The van der Waals surface area contributed by atoms with E-state index in [9.17, 15) is 17.2 Å². The molecule has 0 radical (unpaired) electrons. The maximum absolute atomic E-state index is 13.9. The van der Waals surface area contributed by atoms with Crippen LogP contribution in [0.15, 0.2) is 47.4 Å². The maximum Gasteiger partial charge on any atom is 0.243 e. The Morgan fingerprint density at radius 3 is 2.28 bits per heavy atom. The van der Waals surface area contributed by atoms with Gasteiger partial charge in [-0.1, -0.05) is 17.7 Å². The number of hydrogen-bond acceptors (Lipinski definition) is 2. The zero-order chi connectivity index (χ0) is 18.0. The minimum Gasteiger partial charge on any atom is -0.329 e. The summed E-state index contributed by atoms with van der Waals surface area (Å²) in [5.41, 5.74) is 0.453. The number of halogens is 3. The van der Waals surface area contributed by atoms with Gasteiger partial charge in [0.1, 0.15) is 18.2 Å². The third kappa shape index (κ3) is 4.00. The molecule has 2 aromatic rings. The van der Waals surface area contributed by atoms with E-state index < -0.39 is 15.8 Å². The smallest absolute Gasteiger partial charge is 0.243 e. The van der Waals surface area contributed by atoms with E-state index >= 15 is 0 Å². The van der Waals surface area contributed by atoms with Gasteiger partial charge < -0.3 is 4.90 Å². The van der Waals surface area contributed by atoms with Crippen molar-refractivity contribution in [2.75, 3.05) is 26.2 Å². The van der Waals surface area contributed by atoms with Gasteiger partial charge in [0, 0.05) is 0 Å². The number of nitrogens with one attached hydrogen (secondary N) is 1. The third-order valence-electron chi connectivity index (χ3n) is 4.37. The molecule has 2 aromatic carbocycles. The van der Waals surface area contributed by atoms with Gasteiger partial charge in [0.05, 0.1) is 41.7 Å². The molecule has 3 rings (SSSR count). The van der Waals surface area contributed by atoms with Crippen LogP contribution in [0.3, 0.4) is 0 Å². The van der Waals surface area contributed by atoms with Crippen LogP contribution in [0.5, 0.6) is 0 Å². The van der Waals surface area contributed by atoms with Crippen molar-refractivity contribution in [2.45, 2.75) is 11.4 Å². The molecule has 8 heteroatoms. The molecule has 0 aromatic heterocycles. The number of hydrogen-bond donors (Lipinski definition) is 1. The molecule has 1 fully saturated rings. The highest BCUT2D eigenvalue weighted by Crippen LogP contribution is 2.19. The Labute approximate surface area is 150 Å². The fraction of sp³-hybridized carbons (Fsp3) is 0.294. The van der Waals surface area contributed by atoms with Crippen molar-refractivity contribution in [1.82, 2.24) is 4.31 Å². The van der Waals surface area contributed by atoms with Gasteiger partial charge in [-0.25, -0.2) is 17.2 Å². The average Bonchev–Trinajstić information content (AvgIpc) is 2.59. The highest BCUT2D eigenvalue weighted by Gasteiger charge is 2.31. The Hall–Kier alpha value is -1.54. The van der Waals surface area contributed by atoms with E-state index in [-0.39, 0.29) is 10.7 Å². The molecule has 1 saturated heterocycles. The summed E-state index contributed by atoms with van der Waals surface area (Å²) in [5, 5.41) is 0.383. The Bertz CT molecular complexity index is 831. The number of piperazine rings is 1. The zero-order valence-electron chi connectivity index (χ0n) is 13.4. The minimum absolute atomic E-state index is 0.0782. The van der Waals surface area contributed by atoms with E-state index in [1.54, 1.807) is 12.1 Å². The Kier molecular flexibility index (Phi) is 5.38. The second-order valence-corrected chi connectivity index (χ2v) is 8.33. The third-order valence-corrected chi connectivity index (χ3v) is 6.64. The van der Waals surface area contributed by atoms with Crippen molar-refractivity contribution in [2.24, 2.45) is 0 Å². The predicted octanol–water partition coefficient (Wildman–Crippen LogP) is 1.71. The summed E-state index contributed by atoms with van der Waals surface area (Å²) >= 11 is 6.05. The molecule has 0 unspecified atom stereocenters. The van der Waals surface area contributed by atoms with E-state index in [1.807, 2.05) is 0 Å². The Balaban J connectivity index is 1.66. The van der Waals surface area contributed by atoms with Gasteiger partial charge in [0.25, 0.3) is 0 Å². The van der Waals surface area contributed by atoms with E-state index in [4.69, 9.17) is 11.6 Å². The van der Waals surface area contributed by atoms with E-state index in [0.717, 1.165) is 17.0 Å². The molecule has 1 heterocycles. The van der Waals surface area contributed by atoms with Crippen LogP contribution in [0.4, 0.5) is 8.78 Å². The van der Waals surface area contributed by atoms with E-state index in [1.165, 1.54) is 22.5 Å². The summed E-state index contributed by atoms with van der Waals surface area (Å²) in [4.78, 5) is 1.15. The molecule has 25 heavy (non-hydrogen) atoms. The van der Waals surface area contributed by atoms with Gasteiger partial charge in [0.2, 0.25) is 10.0 Å². The first-order chi connectivity index (χ1) is 11.9. The largest absolute Gasteiger partial charge is 0.329 e. The zero-order valence-corrected chi connectivity index (χ0v) is 15.0. The van der Waals surface area contributed by atoms with Crippen molar-refractivity contribution in [1.29, 1.82) is 0 Å². The number of rotatable bonds is 4. The molecule has 0 atom stereocenters. The highest BCUT2D eigenvalue weighted by molar-refractivity contribution is 7.89. The van der Waals surface area contributed by atoms with Gasteiger partial charge in [-0.3, -0.25) is 0 Å². The fourth-order valence-corrected chi connectivity index (χ4v) is 4.60. The lowest BCUT2D eigenvalue weighted by atomic mass is 10.2. The monoisotopic (exact) mass is 387 g/mol. The van der Waals surface area contributed by atoms with Crippen LogP contribution in [0, 0.1) is 11.6 Å². The molecule has 0 amide bonds. The summed E-state index contributed by atoms with van der Waals surface area (Å²) in [6.07, 6.45) is 0. The molecule has 0 aliphatic carbocycles. The van der Waals surface area contributed by atoms with Crippen molar-refractivity contribution in [3.05, 3.63) is 64.7 Å². The standard InChI is InChI=1S/C17H17ClF2N2O2S/c18-16-2-1-3-17(20)15(16)12-21-8-10-22(11-9-21)25(23,24)14-6-4-13(19)5-7-14/h1-7H,8-12H2/p+1. The van der Waals surface area contributed by atoms with Gasteiger partial charge in [-0.2, -0.15) is 4.31 Å².